The number of aliphatic carboxylic acids is 1. The number of carboxylic acid groups (broad SMARTS) is 1. The van der Waals surface area contributed by atoms with Gasteiger partial charge in [-0.15, -0.1) is 0 Å². The van der Waals surface area contributed by atoms with E-state index in [1.54, 1.807) is 0 Å². The summed E-state index contributed by atoms with van der Waals surface area (Å²) >= 11 is 3.36. The van der Waals surface area contributed by atoms with E-state index in [9.17, 15) is 14.7 Å². The van der Waals surface area contributed by atoms with E-state index in [1.807, 2.05) is 31.2 Å². The van der Waals surface area contributed by atoms with E-state index in [1.165, 1.54) is 4.90 Å². The number of piperidine rings is 1. The minimum Gasteiger partial charge on any atom is -0.480 e. The second-order valence-electron chi connectivity index (χ2n) is 5.46. The van der Waals surface area contributed by atoms with E-state index in [0.717, 1.165) is 16.5 Å². The van der Waals surface area contributed by atoms with Crippen molar-refractivity contribution >= 4 is 27.9 Å². The van der Waals surface area contributed by atoms with Crippen LogP contribution in [-0.4, -0.2) is 34.6 Å². The maximum absolute atomic E-state index is 12.2. The van der Waals surface area contributed by atoms with Gasteiger partial charge in [-0.1, -0.05) is 35.0 Å². The number of carbonyl (C=O) groups is 2. The van der Waals surface area contributed by atoms with Crippen molar-refractivity contribution in [2.75, 3.05) is 6.54 Å². The Morgan fingerprint density at radius 1 is 1.38 bits per heavy atom. The standard InChI is InChI=1S/C15H19BrN2O3/c1-10-6-7-18(13(8-10)14(19)20)15(21)17-9-11-2-4-12(16)5-3-11/h2-5,10,13H,6-9H2,1H3,(H,17,21)(H,19,20). The number of nitrogens with one attached hydrogen (secondary N) is 1. The zero-order valence-corrected chi connectivity index (χ0v) is 13.5. The van der Waals surface area contributed by atoms with Gasteiger partial charge in [0.15, 0.2) is 0 Å². The predicted molar refractivity (Wildman–Crippen MR) is 82.9 cm³/mol. The van der Waals surface area contributed by atoms with Gasteiger partial charge in [-0.25, -0.2) is 9.59 Å². The fourth-order valence-corrected chi connectivity index (χ4v) is 2.76. The highest BCUT2D eigenvalue weighted by Crippen LogP contribution is 2.22. The van der Waals surface area contributed by atoms with Crippen LogP contribution in [0.15, 0.2) is 28.7 Å². The quantitative estimate of drug-likeness (QED) is 0.876. The number of rotatable bonds is 3. The van der Waals surface area contributed by atoms with Crippen LogP contribution in [0.3, 0.4) is 0 Å². The molecule has 1 aliphatic heterocycles. The molecule has 1 aliphatic rings. The molecule has 21 heavy (non-hydrogen) atoms. The van der Waals surface area contributed by atoms with Crippen LogP contribution < -0.4 is 5.32 Å². The zero-order chi connectivity index (χ0) is 15.4. The molecule has 2 amide bonds. The molecule has 0 radical (unpaired) electrons. The van der Waals surface area contributed by atoms with Crippen LogP contribution in [0.1, 0.15) is 25.3 Å². The molecule has 2 rings (SSSR count). The Labute approximate surface area is 132 Å². The maximum atomic E-state index is 12.2. The highest BCUT2D eigenvalue weighted by atomic mass is 79.9. The number of hydrogen-bond acceptors (Lipinski definition) is 2. The first-order valence-corrected chi connectivity index (χ1v) is 7.78. The van der Waals surface area contributed by atoms with Gasteiger partial charge in [-0.05, 0) is 36.5 Å². The van der Waals surface area contributed by atoms with Gasteiger partial charge in [0.1, 0.15) is 6.04 Å². The SMILES string of the molecule is CC1CCN(C(=O)NCc2ccc(Br)cc2)C(C(=O)O)C1. The van der Waals surface area contributed by atoms with Crippen molar-refractivity contribution in [3.8, 4) is 0 Å². The first kappa shape index (κ1) is 15.8. The molecule has 1 aromatic carbocycles. The molecule has 1 fully saturated rings. The molecule has 1 heterocycles. The van der Waals surface area contributed by atoms with Gasteiger partial charge >= 0.3 is 12.0 Å². The molecule has 2 N–H and O–H groups in total. The van der Waals surface area contributed by atoms with Crippen LogP contribution in [-0.2, 0) is 11.3 Å². The molecule has 5 nitrogen and oxygen atoms in total. The number of carbonyl (C=O) groups excluding carboxylic acids is 1. The van der Waals surface area contributed by atoms with Crippen LogP contribution in [0.4, 0.5) is 4.79 Å². The van der Waals surface area contributed by atoms with E-state index in [2.05, 4.69) is 21.2 Å². The third-order valence-electron chi connectivity index (χ3n) is 3.77. The normalized spacial score (nSPS) is 21.9. The Balaban J connectivity index is 1.95. The number of urea groups is 1. The van der Waals surface area contributed by atoms with Gasteiger partial charge in [-0.3, -0.25) is 0 Å². The summed E-state index contributed by atoms with van der Waals surface area (Å²) in [6.45, 7) is 2.90. The summed E-state index contributed by atoms with van der Waals surface area (Å²) in [5.41, 5.74) is 0.976. The second kappa shape index (κ2) is 6.93. The summed E-state index contributed by atoms with van der Waals surface area (Å²) in [6, 6.07) is 6.61. The molecule has 2 unspecified atom stereocenters. The van der Waals surface area contributed by atoms with Gasteiger partial charge in [0, 0.05) is 17.6 Å². The number of benzene rings is 1. The Morgan fingerprint density at radius 3 is 2.67 bits per heavy atom. The molecule has 0 bridgehead atoms. The Kier molecular flexibility index (Phi) is 5.22. The molecule has 2 atom stereocenters. The highest BCUT2D eigenvalue weighted by molar-refractivity contribution is 9.10. The lowest BCUT2D eigenvalue weighted by Crippen LogP contribution is -2.53. The summed E-state index contributed by atoms with van der Waals surface area (Å²) in [4.78, 5) is 24.9. The minimum absolute atomic E-state index is 0.308. The number of carboxylic acids is 1. The van der Waals surface area contributed by atoms with Crippen molar-refractivity contribution < 1.29 is 14.7 Å². The lowest BCUT2D eigenvalue weighted by Gasteiger charge is -2.35. The van der Waals surface area contributed by atoms with E-state index in [4.69, 9.17) is 0 Å². The fraction of sp³-hybridized carbons (Fsp3) is 0.467. The largest absolute Gasteiger partial charge is 0.480 e. The van der Waals surface area contributed by atoms with Crippen LogP contribution in [0.25, 0.3) is 0 Å². The summed E-state index contributed by atoms with van der Waals surface area (Å²) in [7, 11) is 0. The summed E-state index contributed by atoms with van der Waals surface area (Å²) in [6.07, 6.45) is 1.36. The van der Waals surface area contributed by atoms with Crippen LogP contribution >= 0.6 is 15.9 Å². The summed E-state index contributed by atoms with van der Waals surface area (Å²) in [5, 5.41) is 12.1. The van der Waals surface area contributed by atoms with Gasteiger partial charge in [-0.2, -0.15) is 0 Å². The molecule has 114 valence electrons. The number of likely N-dealkylation sites (tertiary alicyclic amines) is 1. The molecule has 0 saturated carbocycles. The third kappa shape index (κ3) is 4.20. The highest BCUT2D eigenvalue weighted by Gasteiger charge is 2.34. The molecule has 6 heteroatoms. The Hall–Kier alpha value is -1.56. The molecular weight excluding hydrogens is 336 g/mol. The van der Waals surface area contributed by atoms with Crippen LogP contribution in [0.2, 0.25) is 0 Å². The summed E-state index contributed by atoms with van der Waals surface area (Å²) < 4.78 is 0.980. The van der Waals surface area contributed by atoms with Crippen molar-refractivity contribution in [1.82, 2.24) is 10.2 Å². The molecule has 0 aliphatic carbocycles. The Bertz CT molecular complexity index is 518. The van der Waals surface area contributed by atoms with Gasteiger partial charge in [0.05, 0.1) is 0 Å². The molecule has 0 aromatic heterocycles. The van der Waals surface area contributed by atoms with Gasteiger partial charge < -0.3 is 15.3 Å². The van der Waals surface area contributed by atoms with Crippen molar-refractivity contribution in [3.63, 3.8) is 0 Å². The van der Waals surface area contributed by atoms with Crippen molar-refractivity contribution in [3.05, 3.63) is 34.3 Å². The van der Waals surface area contributed by atoms with Gasteiger partial charge in [0.2, 0.25) is 0 Å². The fourth-order valence-electron chi connectivity index (χ4n) is 2.50. The second-order valence-corrected chi connectivity index (χ2v) is 6.38. The number of amides is 2. The van der Waals surface area contributed by atoms with E-state index in [0.29, 0.717) is 25.4 Å². The molecule has 0 spiro atoms. The summed E-state index contributed by atoms with van der Waals surface area (Å²) in [5.74, 6) is -0.595. The van der Waals surface area contributed by atoms with Crippen molar-refractivity contribution in [2.45, 2.75) is 32.4 Å². The minimum atomic E-state index is -0.930. The average Bonchev–Trinajstić information content (AvgIpc) is 2.46. The molecule has 1 saturated heterocycles. The topological polar surface area (TPSA) is 69.6 Å². The first-order chi connectivity index (χ1) is 9.97. The maximum Gasteiger partial charge on any atom is 0.326 e. The third-order valence-corrected chi connectivity index (χ3v) is 4.30. The van der Waals surface area contributed by atoms with Crippen molar-refractivity contribution in [2.24, 2.45) is 5.92 Å². The van der Waals surface area contributed by atoms with E-state index >= 15 is 0 Å². The first-order valence-electron chi connectivity index (χ1n) is 6.99. The van der Waals surface area contributed by atoms with Gasteiger partial charge in [0.25, 0.3) is 0 Å². The number of halogens is 1. The molecule has 1 aromatic rings. The van der Waals surface area contributed by atoms with Crippen LogP contribution in [0, 0.1) is 5.92 Å². The monoisotopic (exact) mass is 354 g/mol. The van der Waals surface area contributed by atoms with E-state index < -0.39 is 12.0 Å². The average molecular weight is 355 g/mol. The smallest absolute Gasteiger partial charge is 0.326 e. The number of hydrogen-bond donors (Lipinski definition) is 2. The Morgan fingerprint density at radius 2 is 2.05 bits per heavy atom. The predicted octanol–water partition coefficient (Wildman–Crippen LogP) is 2.84. The zero-order valence-electron chi connectivity index (χ0n) is 11.9. The van der Waals surface area contributed by atoms with Crippen molar-refractivity contribution in [1.29, 1.82) is 0 Å². The van der Waals surface area contributed by atoms with Crippen LogP contribution in [0.5, 0.6) is 0 Å². The number of nitrogens with zero attached hydrogens (tertiary/aromatic N) is 1. The molecular formula is C15H19BrN2O3. The lowest BCUT2D eigenvalue weighted by atomic mass is 9.93. The lowest BCUT2D eigenvalue weighted by molar-refractivity contribution is -0.143. The van der Waals surface area contributed by atoms with E-state index in [-0.39, 0.29) is 6.03 Å².